The zero-order valence-electron chi connectivity index (χ0n) is 10.0. The van der Waals surface area contributed by atoms with Gasteiger partial charge in [-0.15, -0.1) is 0 Å². The molecule has 1 heterocycles. The summed E-state index contributed by atoms with van der Waals surface area (Å²) in [6.45, 7) is 5.10. The van der Waals surface area contributed by atoms with E-state index in [9.17, 15) is 0 Å². The molecule has 0 spiro atoms. The molecule has 2 rings (SSSR count). The molecule has 2 aromatic rings. The maximum atomic E-state index is 5.46. The van der Waals surface area contributed by atoms with Gasteiger partial charge >= 0.3 is 0 Å². The van der Waals surface area contributed by atoms with Crippen LogP contribution in [0.4, 0.5) is 5.69 Å². The molecule has 0 bridgehead atoms. The number of anilines is 1. The monoisotopic (exact) mass is 293 g/mol. The third-order valence-corrected chi connectivity index (χ3v) is 3.09. The zero-order valence-corrected chi connectivity index (χ0v) is 11.6. The highest BCUT2D eigenvalue weighted by Gasteiger charge is 2.06. The largest absolute Gasteiger partial charge is 0.452 e. The average Bonchev–Trinajstić information content (AvgIpc) is 2.73. The highest BCUT2D eigenvalue weighted by Crippen LogP contribution is 2.24. The van der Waals surface area contributed by atoms with Crippen LogP contribution in [0.15, 0.2) is 45.5 Å². The standard InChI is InChI=1S/C14H16BrNO/c1-10(2)12-5-3-4-6-13(12)16-9-11-7-8-14(15)17-11/h3-8,10,16H,9H2,1-2H3. The molecule has 0 aliphatic rings. The van der Waals surface area contributed by atoms with Crippen LogP contribution in [-0.2, 0) is 6.54 Å². The molecule has 0 unspecified atom stereocenters. The Balaban J connectivity index is 2.08. The fourth-order valence-electron chi connectivity index (χ4n) is 1.79. The molecule has 0 saturated heterocycles. The van der Waals surface area contributed by atoms with Crippen molar-refractivity contribution in [3.8, 4) is 0 Å². The van der Waals surface area contributed by atoms with E-state index in [0.717, 1.165) is 10.4 Å². The smallest absolute Gasteiger partial charge is 0.169 e. The van der Waals surface area contributed by atoms with Gasteiger partial charge in [0.25, 0.3) is 0 Å². The van der Waals surface area contributed by atoms with E-state index in [0.29, 0.717) is 12.5 Å². The summed E-state index contributed by atoms with van der Waals surface area (Å²) in [6.07, 6.45) is 0. The van der Waals surface area contributed by atoms with Crippen molar-refractivity contribution < 1.29 is 4.42 Å². The van der Waals surface area contributed by atoms with Crippen LogP contribution in [0.3, 0.4) is 0 Å². The molecule has 0 fully saturated rings. The summed E-state index contributed by atoms with van der Waals surface area (Å²) in [5.41, 5.74) is 2.51. The van der Waals surface area contributed by atoms with E-state index in [1.165, 1.54) is 11.3 Å². The van der Waals surface area contributed by atoms with E-state index in [4.69, 9.17) is 4.42 Å². The van der Waals surface area contributed by atoms with Crippen molar-refractivity contribution in [3.05, 3.63) is 52.4 Å². The van der Waals surface area contributed by atoms with Crippen LogP contribution in [0.2, 0.25) is 0 Å². The van der Waals surface area contributed by atoms with E-state index in [-0.39, 0.29) is 0 Å². The molecule has 0 radical (unpaired) electrons. The Morgan fingerprint density at radius 2 is 1.94 bits per heavy atom. The number of furan rings is 1. The first-order chi connectivity index (χ1) is 8.16. The number of hydrogen-bond donors (Lipinski definition) is 1. The van der Waals surface area contributed by atoms with Gasteiger partial charge in [0, 0.05) is 5.69 Å². The number of rotatable bonds is 4. The average molecular weight is 294 g/mol. The molecule has 0 aliphatic heterocycles. The van der Waals surface area contributed by atoms with Gasteiger partial charge in [-0.25, -0.2) is 0 Å². The van der Waals surface area contributed by atoms with E-state index in [2.05, 4.69) is 53.3 Å². The molecule has 0 saturated carbocycles. The maximum absolute atomic E-state index is 5.46. The fourth-order valence-corrected chi connectivity index (χ4v) is 2.13. The van der Waals surface area contributed by atoms with Gasteiger partial charge in [0.05, 0.1) is 6.54 Å². The van der Waals surface area contributed by atoms with Crippen molar-refractivity contribution in [2.75, 3.05) is 5.32 Å². The van der Waals surface area contributed by atoms with Crippen LogP contribution in [0, 0.1) is 0 Å². The summed E-state index contributed by atoms with van der Waals surface area (Å²) in [6, 6.07) is 12.3. The predicted molar refractivity (Wildman–Crippen MR) is 74.3 cm³/mol. The first kappa shape index (κ1) is 12.2. The quantitative estimate of drug-likeness (QED) is 0.878. The van der Waals surface area contributed by atoms with E-state index < -0.39 is 0 Å². The van der Waals surface area contributed by atoms with Crippen molar-refractivity contribution in [1.82, 2.24) is 0 Å². The predicted octanol–water partition coefficient (Wildman–Crippen LogP) is 4.78. The molecule has 3 heteroatoms. The van der Waals surface area contributed by atoms with Gasteiger partial charge in [-0.1, -0.05) is 32.0 Å². The molecular formula is C14H16BrNO. The van der Waals surface area contributed by atoms with Crippen molar-refractivity contribution in [2.24, 2.45) is 0 Å². The van der Waals surface area contributed by atoms with Gasteiger partial charge in [-0.05, 0) is 45.6 Å². The molecule has 90 valence electrons. The first-order valence-corrected chi connectivity index (χ1v) is 6.53. The second-order valence-corrected chi connectivity index (χ2v) is 5.08. The highest BCUT2D eigenvalue weighted by atomic mass is 79.9. The number of benzene rings is 1. The Bertz CT molecular complexity index is 490. The van der Waals surface area contributed by atoms with Gasteiger partial charge in [-0.3, -0.25) is 0 Å². The Morgan fingerprint density at radius 3 is 2.59 bits per heavy atom. The second kappa shape index (κ2) is 5.41. The fraction of sp³-hybridized carbons (Fsp3) is 0.286. The summed E-state index contributed by atoms with van der Waals surface area (Å²) in [5.74, 6) is 1.44. The molecule has 2 nitrogen and oxygen atoms in total. The summed E-state index contributed by atoms with van der Waals surface area (Å²) >= 11 is 3.30. The number of hydrogen-bond acceptors (Lipinski definition) is 2. The Labute approximate surface area is 110 Å². The summed E-state index contributed by atoms with van der Waals surface area (Å²) in [4.78, 5) is 0. The van der Waals surface area contributed by atoms with Crippen molar-refractivity contribution >= 4 is 21.6 Å². The Hall–Kier alpha value is -1.22. The van der Waals surface area contributed by atoms with Crippen LogP contribution in [0.25, 0.3) is 0 Å². The maximum Gasteiger partial charge on any atom is 0.169 e. The molecule has 1 aromatic heterocycles. The lowest BCUT2D eigenvalue weighted by molar-refractivity contribution is 0.495. The van der Waals surface area contributed by atoms with Crippen LogP contribution in [0.1, 0.15) is 31.1 Å². The van der Waals surface area contributed by atoms with Gasteiger partial charge in [0.2, 0.25) is 0 Å². The minimum atomic E-state index is 0.516. The highest BCUT2D eigenvalue weighted by molar-refractivity contribution is 9.10. The normalized spacial score (nSPS) is 10.8. The molecule has 0 atom stereocenters. The van der Waals surface area contributed by atoms with Crippen molar-refractivity contribution in [1.29, 1.82) is 0 Å². The minimum Gasteiger partial charge on any atom is -0.452 e. The lowest BCUT2D eigenvalue weighted by Crippen LogP contribution is -2.02. The summed E-state index contributed by atoms with van der Waals surface area (Å²) in [7, 11) is 0. The van der Waals surface area contributed by atoms with Gasteiger partial charge in [-0.2, -0.15) is 0 Å². The first-order valence-electron chi connectivity index (χ1n) is 5.74. The molecule has 1 N–H and O–H groups in total. The SMILES string of the molecule is CC(C)c1ccccc1NCc1ccc(Br)o1. The number of halogens is 1. The van der Waals surface area contributed by atoms with E-state index in [1.54, 1.807) is 0 Å². The van der Waals surface area contributed by atoms with Crippen LogP contribution in [0.5, 0.6) is 0 Å². The van der Waals surface area contributed by atoms with Crippen LogP contribution < -0.4 is 5.32 Å². The topological polar surface area (TPSA) is 25.2 Å². The minimum absolute atomic E-state index is 0.516. The van der Waals surface area contributed by atoms with Gasteiger partial charge < -0.3 is 9.73 Å². The number of nitrogens with one attached hydrogen (secondary N) is 1. The molecule has 0 amide bonds. The molecule has 1 aromatic carbocycles. The Kier molecular flexibility index (Phi) is 3.89. The lowest BCUT2D eigenvalue weighted by Gasteiger charge is -2.13. The van der Waals surface area contributed by atoms with Crippen LogP contribution in [-0.4, -0.2) is 0 Å². The molecular weight excluding hydrogens is 278 g/mol. The van der Waals surface area contributed by atoms with E-state index >= 15 is 0 Å². The van der Waals surface area contributed by atoms with Gasteiger partial charge in [0.1, 0.15) is 5.76 Å². The van der Waals surface area contributed by atoms with Gasteiger partial charge in [0.15, 0.2) is 4.67 Å². The molecule has 0 aliphatic carbocycles. The van der Waals surface area contributed by atoms with E-state index in [1.807, 2.05) is 18.2 Å². The zero-order chi connectivity index (χ0) is 12.3. The summed E-state index contributed by atoms with van der Waals surface area (Å²) in [5, 5.41) is 3.41. The van der Waals surface area contributed by atoms with Crippen molar-refractivity contribution in [2.45, 2.75) is 26.3 Å². The second-order valence-electron chi connectivity index (χ2n) is 4.30. The molecule has 17 heavy (non-hydrogen) atoms. The third-order valence-electron chi connectivity index (χ3n) is 2.66. The van der Waals surface area contributed by atoms with Crippen molar-refractivity contribution in [3.63, 3.8) is 0 Å². The third kappa shape index (κ3) is 3.13. The summed E-state index contributed by atoms with van der Waals surface area (Å²) < 4.78 is 6.23. The Morgan fingerprint density at radius 1 is 1.18 bits per heavy atom. The number of para-hydroxylation sites is 1. The van der Waals surface area contributed by atoms with Crippen LogP contribution >= 0.6 is 15.9 Å². The lowest BCUT2D eigenvalue weighted by atomic mass is 10.0.